The highest BCUT2D eigenvalue weighted by Crippen LogP contribution is 2.03. The highest BCUT2D eigenvalue weighted by molar-refractivity contribution is 5.15. The standard InChI is InChI=1S/C12H13NO2/c1-2-11-9-13(12(14)15-11)8-10-6-4-3-5-7-10/h3-7,9H,2,8H2,1H3. The van der Waals surface area contributed by atoms with E-state index in [-0.39, 0.29) is 5.76 Å². The summed E-state index contributed by atoms with van der Waals surface area (Å²) in [4.78, 5) is 11.4. The molecule has 0 aliphatic rings. The van der Waals surface area contributed by atoms with Crippen LogP contribution in [-0.4, -0.2) is 4.57 Å². The Labute approximate surface area is 88.0 Å². The van der Waals surface area contributed by atoms with Crippen LogP contribution >= 0.6 is 0 Å². The van der Waals surface area contributed by atoms with Gasteiger partial charge in [-0.1, -0.05) is 37.3 Å². The van der Waals surface area contributed by atoms with Crippen molar-refractivity contribution in [1.29, 1.82) is 0 Å². The van der Waals surface area contributed by atoms with E-state index in [1.165, 1.54) is 0 Å². The van der Waals surface area contributed by atoms with Crippen LogP contribution in [0.5, 0.6) is 0 Å². The van der Waals surface area contributed by atoms with Gasteiger partial charge in [0.15, 0.2) is 0 Å². The summed E-state index contributed by atoms with van der Waals surface area (Å²) in [7, 11) is 0. The molecule has 78 valence electrons. The molecule has 0 fully saturated rings. The van der Waals surface area contributed by atoms with Gasteiger partial charge in [-0.25, -0.2) is 4.79 Å². The molecule has 0 bridgehead atoms. The highest BCUT2D eigenvalue weighted by atomic mass is 16.4. The average Bonchev–Trinajstić information content (AvgIpc) is 2.61. The Balaban J connectivity index is 2.25. The number of nitrogens with zero attached hydrogens (tertiary/aromatic N) is 1. The quantitative estimate of drug-likeness (QED) is 0.765. The minimum Gasteiger partial charge on any atom is -0.413 e. The molecule has 0 saturated heterocycles. The first-order valence-corrected chi connectivity index (χ1v) is 5.02. The average molecular weight is 203 g/mol. The molecule has 1 aromatic heterocycles. The van der Waals surface area contributed by atoms with Gasteiger partial charge in [0.25, 0.3) is 0 Å². The fraction of sp³-hybridized carbons (Fsp3) is 0.250. The summed E-state index contributed by atoms with van der Waals surface area (Å²) in [6.45, 7) is 2.54. The summed E-state index contributed by atoms with van der Waals surface area (Å²) >= 11 is 0. The Morgan fingerprint density at radius 2 is 2.00 bits per heavy atom. The second-order valence-corrected chi connectivity index (χ2v) is 3.43. The zero-order chi connectivity index (χ0) is 10.7. The van der Waals surface area contributed by atoms with E-state index >= 15 is 0 Å². The maximum absolute atomic E-state index is 11.4. The minimum absolute atomic E-state index is 0.282. The molecule has 0 atom stereocenters. The molecule has 15 heavy (non-hydrogen) atoms. The lowest BCUT2D eigenvalue weighted by molar-refractivity contribution is 0.454. The van der Waals surface area contributed by atoms with E-state index in [0.717, 1.165) is 17.7 Å². The van der Waals surface area contributed by atoms with E-state index in [0.29, 0.717) is 6.54 Å². The smallest absolute Gasteiger partial charge is 0.413 e. The lowest BCUT2D eigenvalue weighted by Crippen LogP contribution is -2.13. The first kappa shape index (κ1) is 9.77. The molecule has 0 aliphatic carbocycles. The number of hydrogen-bond donors (Lipinski definition) is 0. The lowest BCUT2D eigenvalue weighted by atomic mass is 10.2. The third-order valence-corrected chi connectivity index (χ3v) is 2.30. The molecule has 0 N–H and O–H groups in total. The molecule has 0 spiro atoms. The predicted octanol–water partition coefficient (Wildman–Crippen LogP) is 2.05. The van der Waals surface area contributed by atoms with Crippen molar-refractivity contribution in [2.75, 3.05) is 0 Å². The lowest BCUT2D eigenvalue weighted by Gasteiger charge is -1.99. The van der Waals surface area contributed by atoms with Gasteiger partial charge in [0.05, 0.1) is 6.54 Å². The van der Waals surface area contributed by atoms with Crippen molar-refractivity contribution >= 4 is 0 Å². The van der Waals surface area contributed by atoms with Crippen LogP contribution in [0.4, 0.5) is 0 Å². The number of aromatic nitrogens is 1. The Hall–Kier alpha value is -1.77. The molecule has 0 saturated carbocycles. The molecule has 2 aromatic rings. The predicted molar refractivity (Wildman–Crippen MR) is 57.9 cm³/mol. The summed E-state index contributed by atoms with van der Waals surface area (Å²) in [6, 6.07) is 9.86. The van der Waals surface area contributed by atoms with Gasteiger partial charge in [0, 0.05) is 12.6 Å². The van der Waals surface area contributed by atoms with Gasteiger partial charge in [-0.2, -0.15) is 0 Å². The second-order valence-electron chi connectivity index (χ2n) is 3.43. The molecule has 2 rings (SSSR count). The second kappa shape index (κ2) is 4.17. The Bertz CT molecular complexity index is 482. The van der Waals surface area contributed by atoms with E-state index < -0.39 is 0 Å². The third-order valence-electron chi connectivity index (χ3n) is 2.30. The van der Waals surface area contributed by atoms with Gasteiger partial charge >= 0.3 is 5.76 Å². The molecule has 3 nitrogen and oxygen atoms in total. The Morgan fingerprint density at radius 1 is 1.27 bits per heavy atom. The van der Waals surface area contributed by atoms with Crippen molar-refractivity contribution < 1.29 is 4.42 Å². The number of oxazole rings is 1. The van der Waals surface area contributed by atoms with E-state index in [1.807, 2.05) is 37.3 Å². The molecule has 1 aromatic carbocycles. The van der Waals surface area contributed by atoms with E-state index in [2.05, 4.69) is 0 Å². The van der Waals surface area contributed by atoms with Crippen molar-refractivity contribution in [3.8, 4) is 0 Å². The van der Waals surface area contributed by atoms with Gasteiger partial charge in [-0.3, -0.25) is 4.57 Å². The number of benzene rings is 1. The topological polar surface area (TPSA) is 35.1 Å². The van der Waals surface area contributed by atoms with Gasteiger partial charge in [-0.05, 0) is 5.56 Å². The van der Waals surface area contributed by atoms with Crippen LogP contribution in [0.3, 0.4) is 0 Å². The molecule has 0 aliphatic heterocycles. The van der Waals surface area contributed by atoms with Gasteiger partial charge in [0.1, 0.15) is 5.76 Å². The molecule has 3 heteroatoms. The van der Waals surface area contributed by atoms with Gasteiger partial charge in [-0.15, -0.1) is 0 Å². The van der Waals surface area contributed by atoms with Crippen LogP contribution in [0.1, 0.15) is 18.2 Å². The first-order valence-electron chi connectivity index (χ1n) is 5.02. The minimum atomic E-state index is -0.282. The van der Waals surface area contributed by atoms with Crippen molar-refractivity contribution in [1.82, 2.24) is 4.57 Å². The summed E-state index contributed by atoms with van der Waals surface area (Å²) in [5, 5.41) is 0. The number of hydrogen-bond acceptors (Lipinski definition) is 2. The van der Waals surface area contributed by atoms with Crippen LogP contribution in [0.15, 0.2) is 45.7 Å². The summed E-state index contributed by atoms with van der Waals surface area (Å²) in [6.07, 6.45) is 2.52. The number of rotatable bonds is 3. The maximum atomic E-state index is 11.4. The molecule has 0 radical (unpaired) electrons. The zero-order valence-electron chi connectivity index (χ0n) is 8.64. The summed E-state index contributed by atoms with van der Waals surface area (Å²) in [5.41, 5.74) is 1.10. The van der Waals surface area contributed by atoms with Crippen LogP contribution in [0.2, 0.25) is 0 Å². The van der Waals surface area contributed by atoms with Crippen LogP contribution < -0.4 is 5.76 Å². The van der Waals surface area contributed by atoms with Crippen LogP contribution in [-0.2, 0) is 13.0 Å². The van der Waals surface area contributed by atoms with Crippen molar-refractivity contribution in [3.05, 3.63) is 58.4 Å². The van der Waals surface area contributed by atoms with Crippen LogP contribution in [0, 0.1) is 0 Å². The molecular weight excluding hydrogens is 190 g/mol. The van der Waals surface area contributed by atoms with Crippen LogP contribution in [0.25, 0.3) is 0 Å². The third kappa shape index (κ3) is 2.18. The van der Waals surface area contributed by atoms with Gasteiger partial charge < -0.3 is 4.42 Å². The zero-order valence-corrected chi connectivity index (χ0v) is 8.64. The first-order chi connectivity index (χ1) is 7.29. The van der Waals surface area contributed by atoms with Gasteiger partial charge in [0.2, 0.25) is 0 Å². The monoisotopic (exact) mass is 203 g/mol. The highest BCUT2D eigenvalue weighted by Gasteiger charge is 2.03. The van der Waals surface area contributed by atoms with E-state index in [4.69, 9.17) is 4.42 Å². The fourth-order valence-corrected chi connectivity index (χ4v) is 1.48. The van der Waals surface area contributed by atoms with Crippen molar-refractivity contribution in [2.24, 2.45) is 0 Å². The summed E-state index contributed by atoms with van der Waals surface area (Å²) in [5.74, 6) is 0.451. The Kier molecular flexibility index (Phi) is 2.72. The molecule has 0 amide bonds. The fourth-order valence-electron chi connectivity index (χ4n) is 1.48. The van der Waals surface area contributed by atoms with Crippen molar-refractivity contribution in [2.45, 2.75) is 19.9 Å². The Morgan fingerprint density at radius 3 is 2.60 bits per heavy atom. The normalized spacial score (nSPS) is 10.5. The number of aryl methyl sites for hydroxylation is 1. The summed E-state index contributed by atoms with van der Waals surface area (Å²) < 4.78 is 6.63. The van der Waals surface area contributed by atoms with E-state index in [9.17, 15) is 4.79 Å². The SMILES string of the molecule is CCc1cn(Cc2ccccc2)c(=O)o1. The molecule has 1 heterocycles. The molecule has 0 unspecified atom stereocenters. The van der Waals surface area contributed by atoms with E-state index in [1.54, 1.807) is 10.8 Å². The largest absolute Gasteiger partial charge is 0.419 e. The molecular formula is C12H13NO2. The maximum Gasteiger partial charge on any atom is 0.419 e. The van der Waals surface area contributed by atoms with Crippen molar-refractivity contribution in [3.63, 3.8) is 0 Å².